The molecule has 3 unspecified atom stereocenters. The molecular weight excluding hydrogens is 990 g/mol. The quantitative estimate of drug-likeness (QED) is 0.0695. The topological polar surface area (TPSA) is 196 Å². The number of hydrogen-bond donors (Lipinski definition) is 0. The zero-order valence-corrected chi connectivity index (χ0v) is 35.1. The maximum absolute atomic E-state index is 13.6. The van der Waals surface area contributed by atoms with E-state index in [1.54, 1.807) is 0 Å². The SMILES string of the molecule is O=P(Cl)(Cc1ccc(-c2nnc(C(F)(F)F)o2)cc1)OP(OP(=O)(Cl)Cc1ccc(-c2nnc(C(F)(F)F)o2)cc1)OP(=O)(Cl)Cc1ccc(-c2nnc(C(F)(F)F)o2)cc1. The van der Waals surface area contributed by atoms with E-state index >= 15 is 0 Å². The van der Waals surface area contributed by atoms with Gasteiger partial charge in [-0.05, 0) is 86.8 Å². The zero-order chi connectivity index (χ0) is 44.6. The van der Waals surface area contributed by atoms with Crippen molar-refractivity contribution in [1.29, 1.82) is 0 Å². The molecule has 0 N–H and O–H groups in total. The molecule has 0 spiro atoms. The standard InChI is InChI=1S/C30H18Cl3F9N6O9P4/c31-59(49,13-16-1-7-19(8-2-16)22-43-46-25(52-22)28(34,35)36)55-58(56-60(32,50)14-17-3-9-20(10-4-17)23-44-47-26(53-23)29(37,38)39)57-61(33,51)15-18-5-11-21(12-6-18)24-45-48-27(54-24)30(40,41)42/h1-12H,13-15H2. The number of aromatic nitrogens is 6. The van der Waals surface area contributed by atoms with Crippen LogP contribution < -0.4 is 0 Å². The fourth-order valence-electron chi connectivity index (χ4n) is 4.71. The molecule has 3 aromatic carbocycles. The molecule has 3 aromatic heterocycles. The molecule has 3 heterocycles. The van der Waals surface area contributed by atoms with Crippen molar-refractivity contribution in [2.45, 2.75) is 37.0 Å². The van der Waals surface area contributed by atoms with E-state index in [-0.39, 0.29) is 33.4 Å². The van der Waals surface area contributed by atoms with Crippen molar-refractivity contribution < 1.29 is 79.4 Å². The maximum atomic E-state index is 13.6. The summed E-state index contributed by atoms with van der Waals surface area (Å²) in [5, 5.41) is 18.8. The molecule has 6 rings (SSSR count). The first kappa shape index (κ1) is 46.8. The zero-order valence-electron chi connectivity index (χ0n) is 29.2. The molecule has 31 heteroatoms. The highest BCUT2D eigenvalue weighted by atomic mass is 35.7. The third-order valence-corrected chi connectivity index (χ3v) is 16.8. The molecule has 0 radical (unpaired) electrons. The minimum absolute atomic E-state index is 0.0320. The Morgan fingerprint density at radius 2 is 0.672 bits per heavy atom. The van der Waals surface area contributed by atoms with Crippen LogP contribution in [0.5, 0.6) is 0 Å². The van der Waals surface area contributed by atoms with Crippen molar-refractivity contribution in [2.24, 2.45) is 0 Å². The van der Waals surface area contributed by atoms with E-state index in [1.165, 1.54) is 72.8 Å². The second-order valence-corrected chi connectivity index (χ2v) is 23.6. The van der Waals surface area contributed by atoms with Crippen molar-refractivity contribution >= 4 is 62.5 Å². The average Bonchev–Trinajstić information content (AvgIpc) is 3.93. The summed E-state index contributed by atoms with van der Waals surface area (Å²) < 4.78 is 187. The number of nitrogens with zero attached hydrogens (tertiary/aromatic N) is 6. The van der Waals surface area contributed by atoms with E-state index in [2.05, 4.69) is 43.8 Å². The molecule has 326 valence electrons. The van der Waals surface area contributed by atoms with Crippen LogP contribution in [-0.4, -0.2) is 30.6 Å². The lowest BCUT2D eigenvalue weighted by atomic mass is 10.1. The highest BCUT2D eigenvalue weighted by molar-refractivity contribution is 7.93. The fraction of sp³-hybridized carbons (Fsp3) is 0.200. The molecule has 3 atom stereocenters. The summed E-state index contributed by atoms with van der Waals surface area (Å²) in [6, 6.07) is 14.9. The van der Waals surface area contributed by atoms with Crippen LogP contribution in [0.25, 0.3) is 34.4 Å². The number of hydrogen-bond acceptors (Lipinski definition) is 15. The van der Waals surface area contributed by atoms with Gasteiger partial charge in [-0.2, -0.15) is 39.5 Å². The molecular formula is C30H18Cl3F9N6O9P4. The van der Waals surface area contributed by atoms with Gasteiger partial charge in [0.15, 0.2) is 0 Å². The van der Waals surface area contributed by atoms with Gasteiger partial charge in [0.1, 0.15) is 0 Å². The summed E-state index contributed by atoms with van der Waals surface area (Å²) in [6.45, 7) is -13.6. The lowest BCUT2D eigenvalue weighted by Crippen LogP contribution is -2.04. The largest absolute Gasteiger partial charge is 0.470 e. The number of alkyl halides is 9. The molecule has 0 amide bonds. The van der Waals surface area contributed by atoms with E-state index in [1.807, 2.05) is 0 Å². The van der Waals surface area contributed by atoms with Crippen molar-refractivity contribution in [3.63, 3.8) is 0 Å². The Bertz CT molecular complexity index is 2350. The van der Waals surface area contributed by atoms with Crippen LogP contribution in [0.1, 0.15) is 34.4 Å². The minimum Gasteiger partial charge on any atom is -0.413 e. The first-order chi connectivity index (χ1) is 28.2. The third-order valence-electron chi connectivity index (χ3n) is 7.29. The summed E-state index contributed by atoms with van der Waals surface area (Å²) in [7, 11) is -3.37. The molecule has 15 nitrogen and oxygen atoms in total. The molecule has 0 saturated carbocycles. The molecule has 61 heavy (non-hydrogen) atoms. The van der Waals surface area contributed by atoms with E-state index in [0.717, 1.165) is 0 Å². The lowest BCUT2D eigenvalue weighted by molar-refractivity contribution is -0.157. The van der Waals surface area contributed by atoms with Crippen LogP contribution in [0.15, 0.2) is 86.0 Å². The van der Waals surface area contributed by atoms with Crippen LogP contribution in [0.2, 0.25) is 0 Å². The minimum atomic E-state index is -4.90. The summed E-state index contributed by atoms with van der Waals surface area (Å²) in [5.74, 6) is -6.28. The van der Waals surface area contributed by atoms with E-state index in [0.29, 0.717) is 0 Å². The van der Waals surface area contributed by atoms with Gasteiger partial charge in [-0.25, -0.2) is 12.9 Å². The van der Waals surface area contributed by atoms with Gasteiger partial charge in [0, 0.05) is 16.7 Å². The molecule has 0 saturated heterocycles. The van der Waals surface area contributed by atoms with Crippen molar-refractivity contribution in [3.8, 4) is 34.4 Å². The van der Waals surface area contributed by atoms with E-state index in [9.17, 15) is 53.2 Å². The van der Waals surface area contributed by atoms with E-state index in [4.69, 9.17) is 46.7 Å². The van der Waals surface area contributed by atoms with E-state index < -0.39 is 101 Å². The predicted octanol–water partition coefficient (Wildman–Crippen LogP) is 13.4. The Morgan fingerprint density at radius 3 is 0.869 bits per heavy atom. The van der Waals surface area contributed by atoms with Crippen LogP contribution in [-0.2, 0) is 63.6 Å². The smallest absolute Gasteiger partial charge is 0.413 e. The predicted molar refractivity (Wildman–Crippen MR) is 196 cm³/mol. The molecule has 0 aliphatic rings. The Balaban J connectivity index is 1.18. The van der Waals surface area contributed by atoms with Gasteiger partial charge in [-0.3, -0.25) is 13.7 Å². The van der Waals surface area contributed by atoms with Gasteiger partial charge in [0.25, 0.3) is 0 Å². The van der Waals surface area contributed by atoms with Gasteiger partial charge in [-0.15, -0.1) is 30.6 Å². The number of halogens is 12. The average molecular weight is 1010 g/mol. The Labute approximate surface area is 350 Å². The van der Waals surface area contributed by atoms with Crippen molar-refractivity contribution in [1.82, 2.24) is 30.6 Å². The second kappa shape index (κ2) is 17.8. The monoisotopic (exact) mass is 1010 g/mol. The van der Waals surface area contributed by atoms with Crippen LogP contribution in [0.4, 0.5) is 39.5 Å². The lowest BCUT2D eigenvalue weighted by Gasteiger charge is -2.23. The Hall–Kier alpha value is -3.68. The molecule has 0 aliphatic heterocycles. The normalized spacial score (nSPS) is 16.1. The summed E-state index contributed by atoms with van der Waals surface area (Å²) >= 11 is 18.7. The number of benzene rings is 3. The molecule has 0 fully saturated rings. The molecule has 0 aliphatic carbocycles. The van der Waals surface area contributed by atoms with Gasteiger partial charge in [0.2, 0.25) is 17.7 Å². The first-order valence-electron chi connectivity index (χ1n) is 16.0. The van der Waals surface area contributed by atoms with Crippen LogP contribution in [0.3, 0.4) is 0 Å². The van der Waals surface area contributed by atoms with Gasteiger partial charge in [0.05, 0.1) is 18.5 Å². The molecule has 0 bridgehead atoms. The summed E-state index contributed by atoms with van der Waals surface area (Å²) in [5.41, 5.74) is 0.521. The van der Waals surface area contributed by atoms with Gasteiger partial charge < -0.3 is 13.3 Å². The van der Waals surface area contributed by atoms with Gasteiger partial charge >= 0.3 is 65.0 Å². The van der Waals surface area contributed by atoms with Gasteiger partial charge in [-0.1, -0.05) is 36.4 Å². The third kappa shape index (κ3) is 12.9. The Kier molecular flexibility index (Phi) is 13.7. The summed E-state index contributed by atoms with van der Waals surface area (Å²) in [6.07, 6.45) is -16.7. The van der Waals surface area contributed by atoms with Crippen molar-refractivity contribution in [3.05, 3.63) is 107 Å². The van der Waals surface area contributed by atoms with Crippen molar-refractivity contribution in [2.75, 3.05) is 0 Å². The highest BCUT2D eigenvalue weighted by Crippen LogP contribution is 2.77. The van der Waals surface area contributed by atoms with Crippen LogP contribution >= 0.6 is 62.5 Å². The van der Waals surface area contributed by atoms with Crippen LogP contribution in [0, 0.1) is 0 Å². The first-order valence-corrected chi connectivity index (χ1v) is 25.2. The Morgan fingerprint density at radius 1 is 0.443 bits per heavy atom. The number of rotatable bonds is 15. The second-order valence-electron chi connectivity index (χ2n) is 12.0. The molecule has 6 aromatic rings. The highest BCUT2D eigenvalue weighted by Gasteiger charge is 2.42. The maximum Gasteiger partial charge on any atom is 0.470 e. The fourth-order valence-corrected chi connectivity index (χ4v) is 13.5. The summed E-state index contributed by atoms with van der Waals surface area (Å²) in [4.78, 5) is 0.